The third-order valence-corrected chi connectivity index (χ3v) is 2.77. The highest BCUT2D eigenvalue weighted by Crippen LogP contribution is 2.32. The number of ether oxygens (including phenoxy) is 1. The number of carbonyl (C=O) groups excluding carboxylic acids is 1. The van der Waals surface area contributed by atoms with Crippen molar-refractivity contribution in [2.75, 3.05) is 6.54 Å². The first-order valence-corrected chi connectivity index (χ1v) is 6.96. The molecule has 0 aromatic heterocycles. The van der Waals surface area contributed by atoms with Crippen LogP contribution in [-0.4, -0.2) is 24.3 Å². The molecule has 130 valence electrons. The van der Waals surface area contributed by atoms with Gasteiger partial charge in [-0.3, -0.25) is 0 Å². The smallest absolute Gasteiger partial charge is 0.416 e. The summed E-state index contributed by atoms with van der Waals surface area (Å²) in [5.41, 5.74) is 3.86. The van der Waals surface area contributed by atoms with Crippen LogP contribution in [0.1, 0.15) is 31.9 Å². The Balaban J connectivity index is 2.68. The third-order valence-electron chi connectivity index (χ3n) is 2.77. The Morgan fingerprint density at radius 1 is 1.30 bits per heavy atom. The summed E-state index contributed by atoms with van der Waals surface area (Å²) in [5, 5.41) is 2.39. The molecular formula is C15H20F4N2O2. The van der Waals surface area contributed by atoms with Crippen LogP contribution in [0.3, 0.4) is 0 Å². The van der Waals surface area contributed by atoms with E-state index in [0.717, 1.165) is 12.1 Å². The number of nitrogens with one attached hydrogen (secondary N) is 1. The molecule has 4 nitrogen and oxygen atoms in total. The number of benzene rings is 1. The highest BCUT2D eigenvalue weighted by atomic mass is 19.4. The van der Waals surface area contributed by atoms with Crippen LogP contribution in [0.15, 0.2) is 18.2 Å². The summed E-state index contributed by atoms with van der Waals surface area (Å²) in [6, 6.07) is 1.65. The van der Waals surface area contributed by atoms with Gasteiger partial charge in [0.25, 0.3) is 0 Å². The summed E-state index contributed by atoms with van der Waals surface area (Å²) >= 11 is 0. The second-order valence-electron chi connectivity index (χ2n) is 6.15. The van der Waals surface area contributed by atoms with Crippen molar-refractivity contribution in [2.24, 2.45) is 5.73 Å². The number of amides is 1. The van der Waals surface area contributed by atoms with E-state index in [1.165, 1.54) is 0 Å². The Morgan fingerprint density at radius 3 is 2.43 bits per heavy atom. The van der Waals surface area contributed by atoms with Gasteiger partial charge in [-0.1, -0.05) is 6.07 Å². The molecule has 0 aliphatic heterocycles. The molecule has 0 saturated carbocycles. The highest BCUT2D eigenvalue weighted by Gasteiger charge is 2.34. The van der Waals surface area contributed by atoms with Gasteiger partial charge in [0.2, 0.25) is 0 Å². The summed E-state index contributed by atoms with van der Waals surface area (Å²) < 4.78 is 56.7. The first-order valence-electron chi connectivity index (χ1n) is 6.96. The van der Waals surface area contributed by atoms with Crippen LogP contribution in [-0.2, 0) is 17.3 Å². The molecule has 0 heterocycles. The summed E-state index contributed by atoms with van der Waals surface area (Å²) in [6.45, 7) is 4.98. The molecular weight excluding hydrogens is 316 g/mol. The minimum Gasteiger partial charge on any atom is -0.444 e. The van der Waals surface area contributed by atoms with Gasteiger partial charge in [-0.15, -0.1) is 0 Å². The number of hydrogen-bond acceptors (Lipinski definition) is 3. The fraction of sp³-hybridized carbons (Fsp3) is 0.533. The Bertz CT molecular complexity index is 553. The molecule has 3 N–H and O–H groups in total. The molecule has 1 aromatic carbocycles. The Hall–Kier alpha value is -1.83. The second-order valence-corrected chi connectivity index (χ2v) is 6.15. The van der Waals surface area contributed by atoms with E-state index in [4.69, 9.17) is 10.5 Å². The van der Waals surface area contributed by atoms with Crippen LogP contribution in [0, 0.1) is 5.82 Å². The first kappa shape index (κ1) is 19.2. The topological polar surface area (TPSA) is 64.3 Å². The monoisotopic (exact) mass is 336 g/mol. The van der Waals surface area contributed by atoms with E-state index in [1.807, 2.05) is 0 Å². The molecule has 0 saturated heterocycles. The van der Waals surface area contributed by atoms with Gasteiger partial charge in [0.1, 0.15) is 11.4 Å². The Kier molecular flexibility index (Phi) is 5.98. The fourth-order valence-corrected chi connectivity index (χ4v) is 1.87. The molecule has 0 radical (unpaired) electrons. The van der Waals surface area contributed by atoms with Gasteiger partial charge >= 0.3 is 12.3 Å². The molecule has 1 rings (SSSR count). The average molecular weight is 336 g/mol. The van der Waals surface area contributed by atoms with E-state index < -0.39 is 35.3 Å². The molecule has 1 unspecified atom stereocenters. The summed E-state index contributed by atoms with van der Waals surface area (Å²) in [7, 11) is 0. The average Bonchev–Trinajstić information content (AvgIpc) is 2.35. The van der Waals surface area contributed by atoms with E-state index in [-0.39, 0.29) is 18.5 Å². The van der Waals surface area contributed by atoms with Crippen molar-refractivity contribution in [3.05, 3.63) is 35.1 Å². The van der Waals surface area contributed by atoms with Crippen LogP contribution < -0.4 is 11.1 Å². The largest absolute Gasteiger partial charge is 0.444 e. The number of nitrogens with two attached hydrogens (primary N) is 1. The van der Waals surface area contributed by atoms with Crippen molar-refractivity contribution >= 4 is 6.09 Å². The van der Waals surface area contributed by atoms with Crippen molar-refractivity contribution in [2.45, 2.75) is 45.0 Å². The van der Waals surface area contributed by atoms with Gasteiger partial charge < -0.3 is 15.8 Å². The molecule has 23 heavy (non-hydrogen) atoms. The van der Waals surface area contributed by atoms with Crippen LogP contribution in [0.2, 0.25) is 0 Å². The third kappa shape index (κ3) is 6.85. The Labute approximate surface area is 132 Å². The second kappa shape index (κ2) is 7.16. The maximum absolute atomic E-state index is 13.0. The molecule has 0 aliphatic rings. The molecule has 0 fully saturated rings. The summed E-state index contributed by atoms with van der Waals surface area (Å²) in [4.78, 5) is 11.5. The van der Waals surface area contributed by atoms with Gasteiger partial charge in [0.15, 0.2) is 0 Å². The van der Waals surface area contributed by atoms with E-state index in [2.05, 4.69) is 5.32 Å². The first-order chi connectivity index (χ1) is 10.4. The lowest BCUT2D eigenvalue weighted by molar-refractivity contribution is -0.138. The number of hydrogen-bond donors (Lipinski definition) is 2. The van der Waals surface area contributed by atoms with Crippen molar-refractivity contribution < 1.29 is 27.1 Å². The van der Waals surface area contributed by atoms with Crippen molar-refractivity contribution in [3.63, 3.8) is 0 Å². The van der Waals surface area contributed by atoms with E-state index >= 15 is 0 Å². The molecule has 0 aliphatic carbocycles. The molecule has 1 aromatic rings. The van der Waals surface area contributed by atoms with Crippen LogP contribution in [0.5, 0.6) is 0 Å². The quantitative estimate of drug-likeness (QED) is 0.830. The summed E-state index contributed by atoms with van der Waals surface area (Å²) in [5.74, 6) is -0.971. The van der Waals surface area contributed by atoms with Crippen LogP contribution >= 0.6 is 0 Å². The maximum atomic E-state index is 13.0. The number of alkyl carbamates (subject to hydrolysis) is 1. The van der Waals surface area contributed by atoms with E-state index in [1.54, 1.807) is 20.8 Å². The zero-order chi connectivity index (χ0) is 17.8. The number of alkyl halides is 3. The highest BCUT2D eigenvalue weighted by molar-refractivity contribution is 5.67. The molecule has 1 amide bonds. The van der Waals surface area contributed by atoms with Crippen molar-refractivity contribution in [1.29, 1.82) is 0 Å². The molecule has 8 heteroatoms. The lowest BCUT2D eigenvalue weighted by atomic mass is 10.00. The van der Waals surface area contributed by atoms with Gasteiger partial charge in [0.05, 0.1) is 5.56 Å². The van der Waals surface area contributed by atoms with Crippen LogP contribution in [0.25, 0.3) is 0 Å². The lowest BCUT2D eigenvalue weighted by Gasteiger charge is -2.21. The zero-order valence-corrected chi connectivity index (χ0v) is 13.1. The molecule has 1 atom stereocenters. The van der Waals surface area contributed by atoms with Gasteiger partial charge in [-0.05, 0) is 44.9 Å². The molecule has 0 bridgehead atoms. The van der Waals surface area contributed by atoms with Gasteiger partial charge in [0, 0.05) is 12.6 Å². The standard InChI is InChI=1S/C15H20F4N2O2/c1-14(2,3)23-13(22)21-8-11(20)6-9-4-5-10(16)7-12(9)15(17,18)19/h4-5,7,11H,6,8,20H2,1-3H3,(H,21,22). The van der Waals surface area contributed by atoms with Gasteiger partial charge in [-0.25, -0.2) is 9.18 Å². The van der Waals surface area contributed by atoms with Crippen LogP contribution in [0.4, 0.5) is 22.4 Å². The SMILES string of the molecule is CC(C)(C)OC(=O)NCC(N)Cc1ccc(F)cc1C(F)(F)F. The zero-order valence-electron chi connectivity index (χ0n) is 13.1. The van der Waals surface area contributed by atoms with E-state index in [9.17, 15) is 22.4 Å². The molecule has 0 spiro atoms. The van der Waals surface area contributed by atoms with E-state index in [0.29, 0.717) is 6.07 Å². The number of halogens is 4. The predicted octanol–water partition coefficient (Wildman–Crippen LogP) is 3.24. The number of carbonyl (C=O) groups is 1. The lowest BCUT2D eigenvalue weighted by Crippen LogP contribution is -2.41. The normalized spacial score (nSPS) is 13.6. The maximum Gasteiger partial charge on any atom is 0.416 e. The van der Waals surface area contributed by atoms with Crippen molar-refractivity contribution in [1.82, 2.24) is 5.32 Å². The van der Waals surface area contributed by atoms with Crippen molar-refractivity contribution in [3.8, 4) is 0 Å². The fourth-order valence-electron chi connectivity index (χ4n) is 1.87. The predicted molar refractivity (Wildman–Crippen MR) is 77.3 cm³/mol. The summed E-state index contributed by atoms with van der Waals surface area (Å²) in [6.07, 6.45) is -5.54. The number of rotatable bonds is 4. The van der Waals surface area contributed by atoms with Gasteiger partial charge in [-0.2, -0.15) is 13.2 Å². The minimum absolute atomic E-state index is 0.0659. The Morgan fingerprint density at radius 2 is 1.91 bits per heavy atom. The minimum atomic E-state index is -4.67.